The van der Waals surface area contributed by atoms with Crippen LogP contribution >= 0.6 is 24.2 Å². The molecular formula is C12H12ClNOS. The average molecular weight is 254 g/mol. The zero-order valence-electron chi connectivity index (χ0n) is 8.79. The van der Waals surface area contributed by atoms with Gasteiger partial charge < -0.3 is 4.74 Å². The van der Waals surface area contributed by atoms with Crippen molar-refractivity contribution in [1.29, 1.82) is 0 Å². The Labute approximate surface area is 105 Å². The summed E-state index contributed by atoms with van der Waals surface area (Å²) in [6, 6.07) is 13.8. The van der Waals surface area contributed by atoms with E-state index < -0.39 is 0 Å². The normalized spacial score (nSPS) is 9.31. The van der Waals surface area contributed by atoms with E-state index >= 15 is 0 Å². The van der Waals surface area contributed by atoms with E-state index in [-0.39, 0.29) is 12.4 Å². The van der Waals surface area contributed by atoms with Crippen molar-refractivity contribution in [3.05, 3.63) is 48.7 Å². The lowest BCUT2D eigenvalue weighted by Crippen LogP contribution is -1.82. The Bertz CT molecular complexity index is 419. The first-order chi connectivity index (χ1) is 7.38. The highest BCUT2D eigenvalue weighted by atomic mass is 35.5. The molecule has 0 amide bonds. The molecule has 0 radical (unpaired) electrons. The Kier molecular flexibility index (Phi) is 5.15. The molecule has 0 bridgehead atoms. The summed E-state index contributed by atoms with van der Waals surface area (Å²) in [5.41, 5.74) is 0. The summed E-state index contributed by atoms with van der Waals surface area (Å²) >= 11 is 1.64. The van der Waals surface area contributed by atoms with Crippen LogP contribution in [-0.4, -0.2) is 12.1 Å². The molecule has 84 valence electrons. The maximum absolute atomic E-state index is 5.09. The summed E-state index contributed by atoms with van der Waals surface area (Å²) in [6.45, 7) is 0. The molecular weight excluding hydrogens is 242 g/mol. The van der Waals surface area contributed by atoms with Crippen LogP contribution in [0.3, 0.4) is 0 Å². The van der Waals surface area contributed by atoms with Crippen LogP contribution in [0.4, 0.5) is 0 Å². The van der Waals surface area contributed by atoms with Gasteiger partial charge in [0.25, 0.3) is 0 Å². The van der Waals surface area contributed by atoms with Crippen molar-refractivity contribution in [2.24, 2.45) is 0 Å². The number of aromatic nitrogens is 1. The average Bonchev–Trinajstić information content (AvgIpc) is 2.31. The summed E-state index contributed by atoms with van der Waals surface area (Å²) in [5, 5.41) is 1.00. The van der Waals surface area contributed by atoms with Gasteiger partial charge in [-0.3, -0.25) is 0 Å². The minimum absolute atomic E-state index is 0. The predicted molar refractivity (Wildman–Crippen MR) is 68.6 cm³/mol. The molecule has 1 heterocycles. The van der Waals surface area contributed by atoms with E-state index in [0.29, 0.717) is 0 Å². The number of ether oxygens (including phenoxy) is 1. The molecule has 0 aliphatic rings. The predicted octanol–water partition coefficient (Wildman–Crippen LogP) is 3.66. The number of hydrogen-bond donors (Lipinski definition) is 0. The van der Waals surface area contributed by atoms with E-state index in [0.717, 1.165) is 15.7 Å². The third-order valence-electron chi connectivity index (χ3n) is 1.92. The molecule has 0 N–H and O–H groups in total. The number of benzene rings is 1. The van der Waals surface area contributed by atoms with Gasteiger partial charge in [0.1, 0.15) is 10.8 Å². The van der Waals surface area contributed by atoms with Gasteiger partial charge >= 0.3 is 0 Å². The summed E-state index contributed by atoms with van der Waals surface area (Å²) < 4.78 is 5.09. The second-order valence-corrected chi connectivity index (χ2v) is 4.04. The molecule has 1 aromatic heterocycles. The van der Waals surface area contributed by atoms with Crippen LogP contribution in [0.1, 0.15) is 0 Å². The standard InChI is InChI=1S/C12H11NOS.ClH/c1-14-10-5-7-11(8-6-10)15-12-4-2-3-9-13-12;/h2-9H,1H3;1H. The van der Waals surface area contributed by atoms with Crippen molar-refractivity contribution in [1.82, 2.24) is 4.98 Å². The minimum atomic E-state index is 0. The van der Waals surface area contributed by atoms with Crippen molar-refractivity contribution in [2.45, 2.75) is 9.92 Å². The fourth-order valence-corrected chi connectivity index (χ4v) is 1.95. The van der Waals surface area contributed by atoms with Crippen LogP contribution in [0.25, 0.3) is 0 Å². The smallest absolute Gasteiger partial charge is 0.118 e. The lowest BCUT2D eigenvalue weighted by atomic mass is 10.3. The van der Waals surface area contributed by atoms with E-state index in [2.05, 4.69) is 4.98 Å². The zero-order chi connectivity index (χ0) is 10.5. The first-order valence-corrected chi connectivity index (χ1v) is 5.43. The van der Waals surface area contributed by atoms with Crippen LogP contribution < -0.4 is 4.74 Å². The first-order valence-electron chi connectivity index (χ1n) is 4.61. The quantitative estimate of drug-likeness (QED) is 0.833. The summed E-state index contributed by atoms with van der Waals surface area (Å²) in [4.78, 5) is 5.41. The maximum Gasteiger partial charge on any atom is 0.118 e. The molecule has 0 aliphatic heterocycles. The Morgan fingerprint density at radius 1 is 1.06 bits per heavy atom. The Morgan fingerprint density at radius 2 is 1.81 bits per heavy atom. The molecule has 0 fully saturated rings. The van der Waals surface area contributed by atoms with Crippen LogP contribution in [0.2, 0.25) is 0 Å². The van der Waals surface area contributed by atoms with Gasteiger partial charge in [0.2, 0.25) is 0 Å². The number of nitrogens with zero attached hydrogens (tertiary/aromatic N) is 1. The van der Waals surface area contributed by atoms with Crippen LogP contribution in [0.5, 0.6) is 5.75 Å². The van der Waals surface area contributed by atoms with Gasteiger partial charge in [-0.15, -0.1) is 12.4 Å². The number of pyridine rings is 1. The molecule has 0 unspecified atom stereocenters. The summed E-state index contributed by atoms with van der Waals surface area (Å²) in [5.74, 6) is 0.875. The van der Waals surface area contributed by atoms with E-state index in [9.17, 15) is 0 Å². The first kappa shape index (κ1) is 12.9. The second-order valence-electron chi connectivity index (χ2n) is 2.95. The molecule has 16 heavy (non-hydrogen) atoms. The highest BCUT2D eigenvalue weighted by Crippen LogP contribution is 2.26. The Morgan fingerprint density at radius 3 is 2.38 bits per heavy atom. The number of halogens is 1. The van der Waals surface area contributed by atoms with E-state index in [1.807, 2.05) is 42.5 Å². The lowest BCUT2D eigenvalue weighted by Gasteiger charge is -2.02. The molecule has 0 aliphatic carbocycles. The second kappa shape index (κ2) is 6.40. The van der Waals surface area contributed by atoms with E-state index in [4.69, 9.17) is 4.74 Å². The van der Waals surface area contributed by atoms with Crippen LogP contribution in [0.15, 0.2) is 58.6 Å². The van der Waals surface area contributed by atoms with E-state index in [1.54, 1.807) is 25.1 Å². The summed E-state index contributed by atoms with van der Waals surface area (Å²) in [6.07, 6.45) is 1.80. The van der Waals surface area contributed by atoms with Crippen LogP contribution in [-0.2, 0) is 0 Å². The largest absolute Gasteiger partial charge is 0.497 e. The van der Waals surface area contributed by atoms with Gasteiger partial charge in [0.15, 0.2) is 0 Å². The fourth-order valence-electron chi connectivity index (χ4n) is 1.17. The van der Waals surface area contributed by atoms with Gasteiger partial charge in [-0.2, -0.15) is 0 Å². The third kappa shape index (κ3) is 3.43. The van der Waals surface area contributed by atoms with Crippen molar-refractivity contribution in [3.63, 3.8) is 0 Å². The van der Waals surface area contributed by atoms with Crippen molar-refractivity contribution in [3.8, 4) is 5.75 Å². The zero-order valence-corrected chi connectivity index (χ0v) is 10.4. The molecule has 2 aromatic rings. The van der Waals surface area contributed by atoms with Crippen molar-refractivity contribution in [2.75, 3.05) is 7.11 Å². The van der Waals surface area contributed by atoms with Gasteiger partial charge in [0.05, 0.1) is 7.11 Å². The minimum Gasteiger partial charge on any atom is -0.497 e. The molecule has 1 aromatic carbocycles. The SMILES string of the molecule is COc1ccc(Sc2ccccn2)cc1.Cl. The molecule has 2 nitrogen and oxygen atoms in total. The molecule has 2 rings (SSSR count). The van der Waals surface area contributed by atoms with Gasteiger partial charge in [-0.25, -0.2) is 4.98 Å². The number of methoxy groups -OCH3 is 1. The topological polar surface area (TPSA) is 22.1 Å². The number of hydrogen-bond acceptors (Lipinski definition) is 3. The fraction of sp³-hybridized carbons (Fsp3) is 0.0833. The molecule has 4 heteroatoms. The maximum atomic E-state index is 5.09. The monoisotopic (exact) mass is 253 g/mol. The van der Waals surface area contributed by atoms with E-state index in [1.165, 1.54) is 0 Å². The van der Waals surface area contributed by atoms with Crippen molar-refractivity contribution < 1.29 is 4.74 Å². The van der Waals surface area contributed by atoms with Gasteiger partial charge in [-0.05, 0) is 36.4 Å². The van der Waals surface area contributed by atoms with Gasteiger partial charge in [0, 0.05) is 11.1 Å². The van der Waals surface area contributed by atoms with Gasteiger partial charge in [-0.1, -0.05) is 17.8 Å². The Balaban J connectivity index is 0.00000128. The molecule has 0 spiro atoms. The number of rotatable bonds is 3. The lowest BCUT2D eigenvalue weighted by molar-refractivity contribution is 0.414. The van der Waals surface area contributed by atoms with Crippen LogP contribution in [0, 0.1) is 0 Å². The highest BCUT2D eigenvalue weighted by molar-refractivity contribution is 7.99. The van der Waals surface area contributed by atoms with Crippen molar-refractivity contribution >= 4 is 24.2 Å². The Hall–Kier alpha value is -1.19. The third-order valence-corrected chi connectivity index (χ3v) is 2.88. The molecule has 0 saturated heterocycles. The molecule has 0 saturated carbocycles. The highest BCUT2D eigenvalue weighted by Gasteiger charge is 1.97. The summed E-state index contributed by atoms with van der Waals surface area (Å²) in [7, 11) is 1.67. The molecule has 0 atom stereocenters.